The Morgan fingerprint density at radius 3 is 2.79 bits per heavy atom. The van der Waals surface area contributed by atoms with Crippen LogP contribution in [-0.4, -0.2) is 65.9 Å². The van der Waals surface area contributed by atoms with E-state index in [1.807, 2.05) is 0 Å². The van der Waals surface area contributed by atoms with Crippen LogP contribution in [0.15, 0.2) is 39.9 Å². The minimum Gasteiger partial charge on any atom is -0.444 e. The van der Waals surface area contributed by atoms with Gasteiger partial charge in [-0.1, -0.05) is 0 Å². The van der Waals surface area contributed by atoms with E-state index in [1.54, 1.807) is 27.0 Å². The van der Waals surface area contributed by atoms with Gasteiger partial charge in [-0.3, -0.25) is 10.3 Å². The van der Waals surface area contributed by atoms with Crippen LogP contribution in [0.4, 0.5) is 18.6 Å². The fourth-order valence-electron chi connectivity index (χ4n) is 6.21. The van der Waals surface area contributed by atoms with Crippen molar-refractivity contribution >= 4 is 44.0 Å². The highest BCUT2D eigenvalue weighted by Gasteiger charge is 2.54. The summed E-state index contributed by atoms with van der Waals surface area (Å²) in [7, 11) is 0. The lowest BCUT2D eigenvalue weighted by Gasteiger charge is -2.31. The van der Waals surface area contributed by atoms with Crippen LogP contribution in [0.3, 0.4) is 0 Å². The molecule has 1 saturated carbocycles. The molecular weight excluding hydrogens is 564 g/mol. The average molecular weight is 594 g/mol. The maximum atomic E-state index is 16.7. The molecule has 2 aliphatic carbocycles. The largest absolute Gasteiger partial charge is 0.444 e. The van der Waals surface area contributed by atoms with Crippen LogP contribution in [0.1, 0.15) is 44.9 Å². The second kappa shape index (κ2) is 9.32. The van der Waals surface area contributed by atoms with Crippen molar-refractivity contribution in [2.45, 2.75) is 51.3 Å². The number of ether oxygens (including phenoxy) is 2. The zero-order valence-corrected chi connectivity index (χ0v) is 24.1. The molecule has 0 radical (unpaired) electrons. The Labute approximate surface area is 244 Å². The van der Waals surface area contributed by atoms with Gasteiger partial charge < -0.3 is 25.4 Å². The number of hydrogen-bond acceptors (Lipinski definition) is 10. The molecule has 2 atom stereocenters. The number of likely N-dealkylation sites (tertiary alicyclic amines) is 1. The second-order valence-electron chi connectivity index (χ2n) is 12.3. The van der Waals surface area contributed by atoms with Crippen LogP contribution in [0.2, 0.25) is 0 Å². The van der Waals surface area contributed by atoms with E-state index in [0.29, 0.717) is 23.7 Å². The Kier molecular flexibility index (Phi) is 5.99. The molecule has 2 aromatic heterocycles. The zero-order valence-electron chi connectivity index (χ0n) is 23.3. The Morgan fingerprint density at radius 2 is 2.10 bits per heavy atom. The SMILES string of the molecule is CC(C)(C)OC(=O)Nc1sc2c(F)cnc(C3=C(F)C4N=C(N5CC(N)C6(CC6)C5)NC=C4C4=C3COC4)c2c1C#N. The summed E-state index contributed by atoms with van der Waals surface area (Å²) in [5.74, 6) is -0.704. The molecule has 0 bridgehead atoms. The number of nitrogens with two attached hydrogens (primary N) is 1. The van der Waals surface area contributed by atoms with E-state index in [0.717, 1.165) is 42.5 Å². The Bertz CT molecular complexity index is 1720. The minimum atomic E-state index is -0.964. The van der Waals surface area contributed by atoms with Gasteiger partial charge in [-0.25, -0.2) is 18.6 Å². The van der Waals surface area contributed by atoms with E-state index >= 15 is 8.78 Å². The molecule has 1 saturated heterocycles. The Morgan fingerprint density at radius 1 is 1.33 bits per heavy atom. The van der Waals surface area contributed by atoms with Gasteiger partial charge in [0.25, 0.3) is 0 Å². The lowest BCUT2D eigenvalue weighted by molar-refractivity contribution is 0.0636. The van der Waals surface area contributed by atoms with Crippen LogP contribution < -0.4 is 16.4 Å². The first kappa shape index (κ1) is 27.0. The van der Waals surface area contributed by atoms with Crippen molar-refractivity contribution in [1.82, 2.24) is 15.2 Å². The molecule has 218 valence electrons. The van der Waals surface area contributed by atoms with Gasteiger partial charge >= 0.3 is 6.09 Å². The van der Waals surface area contributed by atoms with Crippen LogP contribution >= 0.6 is 11.3 Å². The number of carbonyl (C=O) groups excluding carboxylic acids is 1. The number of fused-ring (bicyclic) bond motifs is 3. The zero-order chi connectivity index (χ0) is 29.6. The molecule has 2 aromatic rings. The first-order chi connectivity index (χ1) is 20.0. The lowest BCUT2D eigenvalue weighted by atomic mass is 9.82. The predicted octanol–water partition coefficient (Wildman–Crippen LogP) is 4.31. The fourth-order valence-corrected chi connectivity index (χ4v) is 7.25. The Hall–Kier alpha value is -3.86. The van der Waals surface area contributed by atoms with Crippen LogP contribution in [0.25, 0.3) is 15.7 Å². The number of carbonyl (C=O) groups is 1. The molecule has 1 amide bonds. The Balaban J connectivity index is 1.34. The highest BCUT2D eigenvalue weighted by atomic mass is 32.1. The number of thiophene rings is 1. The minimum absolute atomic E-state index is 0.0270. The number of guanidine groups is 1. The summed E-state index contributed by atoms with van der Waals surface area (Å²) in [5, 5.41) is 16.2. The molecular formula is C29H29F2N7O3S. The van der Waals surface area contributed by atoms with E-state index in [1.165, 1.54) is 0 Å². The third-order valence-corrected chi connectivity index (χ3v) is 9.54. The number of halogens is 2. The summed E-state index contributed by atoms with van der Waals surface area (Å²) >= 11 is 0.871. The summed E-state index contributed by atoms with van der Waals surface area (Å²) in [5.41, 5.74) is 7.95. The highest BCUT2D eigenvalue weighted by Crippen LogP contribution is 2.52. The van der Waals surface area contributed by atoms with E-state index in [9.17, 15) is 10.1 Å². The van der Waals surface area contributed by atoms with Gasteiger partial charge in [0.2, 0.25) is 0 Å². The van der Waals surface area contributed by atoms with Crippen molar-refractivity contribution in [3.63, 3.8) is 0 Å². The monoisotopic (exact) mass is 593 g/mol. The summed E-state index contributed by atoms with van der Waals surface area (Å²) in [6, 6.07) is 1.13. The van der Waals surface area contributed by atoms with Crippen molar-refractivity contribution in [3.05, 3.63) is 52.0 Å². The number of anilines is 1. The number of nitrogens with zero attached hydrogens (tertiary/aromatic N) is 4. The van der Waals surface area contributed by atoms with Gasteiger partial charge in [-0.2, -0.15) is 5.26 Å². The molecule has 2 unspecified atom stereocenters. The normalized spacial score (nSPS) is 24.3. The maximum absolute atomic E-state index is 16.7. The number of aromatic nitrogens is 1. The lowest BCUT2D eigenvalue weighted by Crippen LogP contribution is -2.43. The van der Waals surface area contributed by atoms with Crippen molar-refractivity contribution in [2.24, 2.45) is 16.1 Å². The number of amides is 1. The summed E-state index contributed by atoms with van der Waals surface area (Å²) in [4.78, 5) is 23.7. The molecule has 10 nitrogen and oxygen atoms in total. The van der Waals surface area contributed by atoms with Gasteiger partial charge in [-0.15, -0.1) is 11.3 Å². The predicted molar refractivity (Wildman–Crippen MR) is 154 cm³/mol. The highest BCUT2D eigenvalue weighted by molar-refractivity contribution is 7.23. The molecule has 5 aliphatic rings. The number of nitriles is 1. The third-order valence-electron chi connectivity index (χ3n) is 8.42. The number of pyridine rings is 1. The number of nitrogens with one attached hydrogen (secondary N) is 2. The molecule has 42 heavy (non-hydrogen) atoms. The van der Waals surface area contributed by atoms with Crippen molar-refractivity contribution in [3.8, 4) is 6.07 Å². The topological polar surface area (TPSA) is 138 Å². The standard InChI is InChI=1S/C29H29F2N7O3S/c1-28(2,3)41-27(39)37-25-13(6-32)20-23(34-8-17(30)24(20)42-25)19-16-11-40-10-15(16)14-7-35-26(36-22(14)21(19)31)38-9-18(33)29(12-38)4-5-29/h7-8,18,22H,4-5,9-12,33H2,1-3H3,(H,35,36)(H,37,39). The first-order valence-electron chi connectivity index (χ1n) is 13.8. The van der Waals surface area contributed by atoms with Crippen molar-refractivity contribution < 1.29 is 23.0 Å². The van der Waals surface area contributed by atoms with Gasteiger partial charge in [0.1, 0.15) is 28.5 Å². The maximum Gasteiger partial charge on any atom is 0.412 e. The summed E-state index contributed by atoms with van der Waals surface area (Å²) in [6.45, 7) is 6.89. The molecule has 0 aromatic carbocycles. The average Bonchev–Trinajstić information content (AvgIpc) is 3.24. The summed E-state index contributed by atoms with van der Waals surface area (Å²) in [6.07, 6.45) is 4.14. The quantitative estimate of drug-likeness (QED) is 0.469. The van der Waals surface area contributed by atoms with E-state index in [-0.39, 0.29) is 56.6 Å². The van der Waals surface area contributed by atoms with Crippen LogP contribution in [-0.2, 0) is 9.47 Å². The van der Waals surface area contributed by atoms with Gasteiger partial charge in [-0.05, 0) is 44.8 Å². The third kappa shape index (κ3) is 4.20. The van der Waals surface area contributed by atoms with E-state index < -0.39 is 29.4 Å². The molecule has 2 fully saturated rings. The smallest absolute Gasteiger partial charge is 0.412 e. The number of hydrogen-bond donors (Lipinski definition) is 3. The van der Waals surface area contributed by atoms with Crippen molar-refractivity contribution in [2.75, 3.05) is 31.6 Å². The molecule has 5 heterocycles. The van der Waals surface area contributed by atoms with Gasteiger partial charge in [0, 0.05) is 47.3 Å². The molecule has 4 N–H and O–H groups in total. The summed E-state index contributed by atoms with van der Waals surface area (Å²) < 4.78 is 43.0. The number of rotatable bonds is 2. The molecule has 1 spiro atoms. The van der Waals surface area contributed by atoms with Crippen LogP contribution in [0.5, 0.6) is 0 Å². The fraction of sp³-hybridized carbons (Fsp3) is 0.448. The molecule has 7 rings (SSSR count). The molecule has 13 heteroatoms. The van der Waals surface area contributed by atoms with E-state index in [2.05, 4.69) is 26.6 Å². The van der Waals surface area contributed by atoms with Crippen molar-refractivity contribution in [1.29, 1.82) is 5.26 Å². The first-order valence-corrected chi connectivity index (χ1v) is 14.6. The van der Waals surface area contributed by atoms with Crippen LogP contribution in [0, 0.1) is 22.6 Å². The van der Waals surface area contributed by atoms with Gasteiger partial charge in [0.15, 0.2) is 11.8 Å². The van der Waals surface area contributed by atoms with Gasteiger partial charge in [0.05, 0.1) is 35.4 Å². The second-order valence-corrected chi connectivity index (χ2v) is 13.3. The van der Waals surface area contributed by atoms with E-state index in [4.69, 9.17) is 20.2 Å². The molecule has 3 aliphatic heterocycles. The number of aliphatic imine (C=N–C) groups is 1.